The average molecular weight is 317 g/mol. The van der Waals surface area contributed by atoms with Gasteiger partial charge in [0.05, 0.1) is 24.0 Å². The minimum atomic E-state index is -0.790. The molecule has 7 nitrogen and oxygen atoms in total. The molecule has 2 aromatic heterocycles. The molecule has 0 saturated carbocycles. The summed E-state index contributed by atoms with van der Waals surface area (Å²) in [6.07, 6.45) is 4.21. The summed E-state index contributed by atoms with van der Waals surface area (Å²) in [5.74, 6) is 0.193. The summed E-state index contributed by atoms with van der Waals surface area (Å²) in [7, 11) is 1.77. The van der Waals surface area contributed by atoms with Gasteiger partial charge >= 0.3 is 6.03 Å². The number of rotatable bonds is 6. The molecule has 2 amide bonds. The molecule has 7 heteroatoms. The van der Waals surface area contributed by atoms with Crippen LogP contribution in [0.15, 0.2) is 36.8 Å². The molecule has 0 aliphatic rings. The summed E-state index contributed by atoms with van der Waals surface area (Å²) in [4.78, 5) is 16.4. The van der Waals surface area contributed by atoms with Gasteiger partial charge in [0.15, 0.2) is 0 Å². The van der Waals surface area contributed by atoms with E-state index < -0.39 is 6.10 Å². The Kier molecular flexibility index (Phi) is 5.70. The first-order chi connectivity index (χ1) is 11.0. The molecular formula is C16H23N5O2. The Morgan fingerprint density at radius 3 is 2.74 bits per heavy atom. The van der Waals surface area contributed by atoms with Crippen molar-refractivity contribution in [3.63, 3.8) is 0 Å². The fraction of sp³-hybridized carbons (Fsp3) is 0.438. The van der Waals surface area contributed by atoms with Crippen molar-refractivity contribution in [1.82, 2.24) is 25.4 Å². The van der Waals surface area contributed by atoms with Crippen LogP contribution in [0.5, 0.6) is 0 Å². The Balaban J connectivity index is 1.90. The fourth-order valence-electron chi connectivity index (χ4n) is 2.25. The lowest BCUT2D eigenvalue weighted by Gasteiger charge is -2.22. The lowest BCUT2D eigenvalue weighted by Crippen LogP contribution is -2.41. The van der Waals surface area contributed by atoms with E-state index in [1.165, 1.54) is 0 Å². The Morgan fingerprint density at radius 2 is 2.17 bits per heavy atom. The van der Waals surface area contributed by atoms with E-state index in [4.69, 9.17) is 0 Å². The number of aliphatic hydroxyl groups is 1. The van der Waals surface area contributed by atoms with Crippen LogP contribution >= 0.6 is 0 Å². The Morgan fingerprint density at radius 1 is 1.39 bits per heavy atom. The molecule has 23 heavy (non-hydrogen) atoms. The van der Waals surface area contributed by atoms with Gasteiger partial charge in [-0.15, -0.1) is 0 Å². The maximum absolute atomic E-state index is 12.1. The SMILES string of the molecule is CC(C)[C@H](NC(=O)NC[C@H](O)c1cnn(C)c1)c1ccccn1. The summed E-state index contributed by atoms with van der Waals surface area (Å²) >= 11 is 0. The van der Waals surface area contributed by atoms with E-state index in [0.717, 1.165) is 5.69 Å². The Bertz CT molecular complexity index is 626. The van der Waals surface area contributed by atoms with Crippen molar-refractivity contribution in [2.24, 2.45) is 13.0 Å². The van der Waals surface area contributed by atoms with Crippen molar-refractivity contribution in [2.75, 3.05) is 6.54 Å². The topological polar surface area (TPSA) is 92.1 Å². The van der Waals surface area contributed by atoms with E-state index in [1.54, 1.807) is 30.3 Å². The van der Waals surface area contributed by atoms with Crippen LogP contribution in [0.25, 0.3) is 0 Å². The zero-order valence-electron chi connectivity index (χ0n) is 13.6. The second kappa shape index (κ2) is 7.73. The molecule has 0 aromatic carbocycles. The van der Waals surface area contributed by atoms with Crippen LogP contribution in [0, 0.1) is 5.92 Å². The molecule has 2 rings (SSSR count). The molecule has 2 atom stereocenters. The van der Waals surface area contributed by atoms with E-state index >= 15 is 0 Å². The number of hydrogen-bond acceptors (Lipinski definition) is 4. The van der Waals surface area contributed by atoms with Crippen LogP contribution in [0.3, 0.4) is 0 Å². The number of amides is 2. The highest BCUT2D eigenvalue weighted by atomic mass is 16.3. The number of carbonyl (C=O) groups excluding carboxylic acids is 1. The number of aryl methyl sites for hydroxylation is 1. The smallest absolute Gasteiger partial charge is 0.315 e. The van der Waals surface area contributed by atoms with Crippen molar-refractivity contribution >= 4 is 6.03 Å². The maximum atomic E-state index is 12.1. The first-order valence-corrected chi connectivity index (χ1v) is 7.59. The van der Waals surface area contributed by atoms with Gasteiger partial charge in [0.25, 0.3) is 0 Å². The molecule has 0 fully saturated rings. The normalized spacial score (nSPS) is 13.6. The zero-order chi connectivity index (χ0) is 16.8. The quantitative estimate of drug-likeness (QED) is 0.753. The fourth-order valence-corrected chi connectivity index (χ4v) is 2.25. The maximum Gasteiger partial charge on any atom is 0.315 e. The van der Waals surface area contributed by atoms with Crippen molar-refractivity contribution in [2.45, 2.75) is 26.0 Å². The highest BCUT2D eigenvalue weighted by Gasteiger charge is 2.20. The first-order valence-electron chi connectivity index (χ1n) is 7.59. The number of carbonyl (C=O) groups is 1. The van der Waals surface area contributed by atoms with E-state index in [0.29, 0.717) is 5.56 Å². The van der Waals surface area contributed by atoms with Gasteiger partial charge < -0.3 is 15.7 Å². The number of nitrogens with zero attached hydrogens (tertiary/aromatic N) is 3. The number of aliphatic hydroxyl groups excluding tert-OH is 1. The van der Waals surface area contributed by atoms with Gasteiger partial charge in [-0.3, -0.25) is 9.67 Å². The second-order valence-corrected chi connectivity index (χ2v) is 5.79. The molecule has 0 bridgehead atoms. The lowest BCUT2D eigenvalue weighted by atomic mass is 10.0. The lowest BCUT2D eigenvalue weighted by molar-refractivity contribution is 0.172. The van der Waals surface area contributed by atoms with E-state index in [2.05, 4.69) is 20.7 Å². The van der Waals surface area contributed by atoms with Crippen LogP contribution in [0.1, 0.15) is 37.3 Å². The summed E-state index contributed by atoms with van der Waals surface area (Å²) < 4.78 is 1.61. The minimum Gasteiger partial charge on any atom is -0.386 e. The molecule has 0 saturated heterocycles. The monoisotopic (exact) mass is 317 g/mol. The third-order valence-corrected chi connectivity index (χ3v) is 3.53. The summed E-state index contributed by atoms with van der Waals surface area (Å²) in [6, 6.07) is 5.09. The third kappa shape index (κ3) is 4.79. The second-order valence-electron chi connectivity index (χ2n) is 5.79. The van der Waals surface area contributed by atoms with Crippen molar-refractivity contribution in [3.05, 3.63) is 48.0 Å². The molecule has 0 aliphatic carbocycles. The van der Waals surface area contributed by atoms with Crippen LogP contribution in [-0.4, -0.2) is 32.4 Å². The van der Waals surface area contributed by atoms with Crippen molar-refractivity contribution in [3.8, 4) is 0 Å². The number of nitrogens with one attached hydrogen (secondary N) is 2. The van der Waals surface area contributed by atoms with Crippen LogP contribution in [0.4, 0.5) is 4.79 Å². The zero-order valence-corrected chi connectivity index (χ0v) is 13.6. The first kappa shape index (κ1) is 17.0. The predicted molar refractivity (Wildman–Crippen MR) is 86.5 cm³/mol. The number of aromatic nitrogens is 3. The third-order valence-electron chi connectivity index (χ3n) is 3.53. The number of hydrogen-bond donors (Lipinski definition) is 3. The van der Waals surface area contributed by atoms with Crippen molar-refractivity contribution < 1.29 is 9.90 Å². The highest BCUT2D eigenvalue weighted by molar-refractivity contribution is 5.74. The summed E-state index contributed by atoms with van der Waals surface area (Å²) in [5, 5.41) is 19.6. The van der Waals surface area contributed by atoms with Gasteiger partial charge in [0, 0.05) is 31.5 Å². The molecule has 0 aliphatic heterocycles. The van der Waals surface area contributed by atoms with Gasteiger partial charge in [-0.2, -0.15) is 5.10 Å². The van der Waals surface area contributed by atoms with Gasteiger partial charge in [-0.05, 0) is 18.1 Å². The number of urea groups is 1. The van der Waals surface area contributed by atoms with Crippen molar-refractivity contribution in [1.29, 1.82) is 0 Å². The van der Waals surface area contributed by atoms with Crippen LogP contribution < -0.4 is 10.6 Å². The van der Waals surface area contributed by atoms with Gasteiger partial charge in [0.1, 0.15) is 0 Å². The van der Waals surface area contributed by atoms with E-state index in [-0.39, 0.29) is 24.5 Å². The molecule has 124 valence electrons. The van der Waals surface area contributed by atoms with E-state index in [1.807, 2.05) is 32.0 Å². The minimum absolute atomic E-state index is 0.116. The summed E-state index contributed by atoms with van der Waals surface area (Å²) in [6.45, 7) is 4.15. The van der Waals surface area contributed by atoms with Gasteiger partial charge in [0.2, 0.25) is 0 Å². The highest BCUT2D eigenvalue weighted by Crippen LogP contribution is 2.19. The van der Waals surface area contributed by atoms with Crippen LogP contribution in [-0.2, 0) is 7.05 Å². The molecule has 0 spiro atoms. The van der Waals surface area contributed by atoms with E-state index in [9.17, 15) is 9.90 Å². The van der Waals surface area contributed by atoms with Crippen LogP contribution in [0.2, 0.25) is 0 Å². The largest absolute Gasteiger partial charge is 0.386 e. The molecule has 0 unspecified atom stereocenters. The average Bonchev–Trinajstić information content (AvgIpc) is 2.97. The predicted octanol–water partition coefficient (Wildman–Crippen LogP) is 1.54. The Hall–Kier alpha value is -2.41. The molecule has 3 N–H and O–H groups in total. The number of pyridine rings is 1. The van der Waals surface area contributed by atoms with Gasteiger partial charge in [-0.25, -0.2) is 4.79 Å². The Labute approximate surface area is 135 Å². The summed E-state index contributed by atoms with van der Waals surface area (Å²) in [5.41, 5.74) is 1.48. The molecule has 2 heterocycles. The standard InChI is InChI=1S/C16H23N5O2/c1-11(2)15(13-6-4-5-7-17-13)20-16(23)18-9-14(22)12-8-19-21(3)10-12/h4-8,10-11,14-15,22H,9H2,1-3H3,(H2,18,20,23)/t14-,15-/m0/s1. The molecule has 2 aromatic rings. The molecular weight excluding hydrogens is 294 g/mol. The molecule has 0 radical (unpaired) electrons. The van der Waals surface area contributed by atoms with Gasteiger partial charge in [-0.1, -0.05) is 19.9 Å².